The molecular weight excluding hydrogens is 388 g/mol. The van der Waals surface area contributed by atoms with Crippen molar-refractivity contribution in [3.8, 4) is 5.75 Å². The largest absolute Gasteiger partial charge is 0.489 e. The van der Waals surface area contributed by atoms with Crippen LogP contribution in [0.15, 0.2) is 30.6 Å². The second-order valence-corrected chi connectivity index (χ2v) is 8.07. The molecule has 1 amide bonds. The number of nitrogens with one attached hydrogen (secondary N) is 2. The summed E-state index contributed by atoms with van der Waals surface area (Å²) in [7, 11) is 4.01. The number of aromatic nitrogens is 3. The zero-order chi connectivity index (χ0) is 20.8. The second kappa shape index (κ2) is 9.62. The summed E-state index contributed by atoms with van der Waals surface area (Å²) in [5, 5.41) is 6.55. The Morgan fingerprint density at radius 2 is 2.03 bits per heavy atom. The molecule has 0 fully saturated rings. The summed E-state index contributed by atoms with van der Waals surface area (Å²) in [5.41, 5.74) is 1.35. The number of amides is 1. The molecular formula is C20H26N6O2S. The van der Waals surface area contributed by atoms with Gasteiger partial charge in [-0.25, -0.2) is 15.0 Å². The van der Waals surface area contributed by atoms with E-state index in [2.05, 4.69) is 30.5 Å². The van der Waals surface area contributed by atoms with Gasteiger partial charge in [0.25, 0.3) is 5.91 Å². The molecule has 0 aliphatic heterocycles. The van der Waals surface area contributed by atoms with Crippen molar-refractivity contribution in [3.63, 3.8) is 0 Å². The zero-order valence-corrected chi connectivity index (χ0v) is 17.9. The third-order valence-electron chi connectivity index (χ3n) is 3.96. The maximum absolute atomic E-state index is 12.4. The smallest absolute Gasteiger partial charge is 0.280 e. The molecule has 2 heterocycles. The van der Waals surface area contributed by atoms with Gasteiger partial charge in [-0.3, -0.25) is 4.79 Å². The lowest BCUT2D eigenvalue weighted by atomic mass is 10.3. The van der Waals surface area contributed by atoms with Crippen molar-refractivity contribution in [2.45, 2.75) is 26.4 Å². The van der Waals surface area contributed by atoms with E-state index in [0.717, 1.165) is 24.4 Å². The molecule has 0 unspecified atom stereocenters. The van der Waals surface area contributed by atoms with E-state index in [4.69, 9.17) is 4.74 Å². The number of rotatable bonds is 9. The van der Waals surface area contributed by atoms with E-state index in [0.29, 0.717) is 27.7 Å². The number of nitrogens with zero attached hydrogens (tertiary/aromatic N) is 4. The molecule has 0 saturated heterocycles. The van der Waals surface area contributed by atoms with Gasteiger partial charge in [0.2, 0.25) is 0 Å². The number of ether oxygens (including phenoxy) is 1. The highest BCUT2D eigenvalue weighted by Gasteiger charge is 2.17. The van der Waals surface area contributed by atoms with Crippen molar-refractivity contribution in [2.75, 3.05) is 32.5 Å². The van der Waals surface area contributed by atoms with Gasteiger partial charge in [0.05, 0.1) is 11.8 Å². The average Bonchev–Trinajstić information content (AvgIpc) is 3.11. The molecule has 0 aliphatic carbocycles. The van der Waals surface area contributed by atoms with Crippen molar-refractivity contribution < 1.29 is 9.53 Å². The third kappa shape index (κ3) is 5.61. The molecule has 0 saturated carbocycles. The van der Waals surface area contributed by atoms with Crippen LogP contribution in [-0.4, -0.2) is 59.0 Å². The molecule has 3 aromatic rings. The fraction of sp³-hybridized carbons (Fsp3) is 0.400. The highest BCUT2D eigenvalue weighted by Crippen LogP contribution is 2.31. The fourth-order valence-corrected chi connectivity index (χ4v) is 3.49. The molecule has 0 spiro atoms. The van der Waals surface area contributed by atoms with Crippen LogP contribution in [0.2, 0.25) is 0 Å². The number of carbonyl (C=O) groups is 1. The number of anilines is 2. The Morgan fingerprint density at radius 3 is 2.79 bits per heavy atom. The van der Waals surface area contributed by atoms with Gasteiger partial charge in [0, 0.05) is 6.54 Å². The molecule has 2 aromatic heterocycles. The molecule has 2 N–H and O–H groups in total. The first-order chi connectivity index (χ1) is 13.9. The van der Waals surface area contributed by atoms with Gasteiger partial charge in [-0.1, -0.05) is 23.5 Å². The number of hydrogen-bond donors (Lipinski definition) is 2. The maximum atomic E-state index is 12.4. The van der Waals surface area contributed by atoms with E-state index < -0.39 is 0 Å². The summed E-state index contributed by atoms with van der Waals surface area (Å²) in [4.78, 5) is 28.2. The van der Waals surface area contributed by atoms with E-state index in [1.807, 2.05) is 52.2 Å². The third-order valence-corrected chi connectivity index (χ3v) is 4.92. The van der Waals surface area contributed by atoms with Crippen molar-refractivity contribution in [1.82, 2.24) is 25.2 Å². The Hall–Kier alpha value is -2.78. The average molecular weight is 415 g/mol. The monoisotopic (exact) mass is 414 g/mol. The highest BCUT2D eigenvalue weighted by atomic mass is 32.1. The molecule has 0 radical (unpaired) electrons. The lowest BCUT2D eigenvalue weighted by Gasteiger charge is -2.15. The second-order valence-electron chi connectivity index (χ2n) is 7.10. The number of para-hydroxylation sites is 2. The van der Waals surface area contributed by atoms with Crippen LogP contribution in [-0.2, 0) is 0 Å². The zero-order valence-electron chi connectivity index (χ0n) is 17.1. The lowest BCUT2D eigenvalue weighted by Crippen LogP contribution is -2.26. The topological polar surface area (TPSA) is 92.3 Å². The van der Waals surface area contributed by atoms with Crippen LogP contribution in [0.25, 0.3) is 10.3 Å². The maximum Gasteiger partial charge on any atom is 0.280 e. The molecule has 9 heteroatoms. The summed E-state index contributed by atoms with van der Waals surface area (Å²) >= 11 is 1.25. The summed E-state index contributed by atoms with van der Waals surface area (Å²) < 4.78 is 5.85. The predicted molar refractivity (Wildman–Crippen MR) is 116 cm³/mol. The highest BCUT2D eigenvalue weighted by molar-refractivity contribution is 7.19. The standard InChI is InChI=1S/C20H26N6O2S/c1-13(2)28-15-9-6-5-8-14(15)24-17-16-19(23-12-22-17)29-20(25-16)18(27)21-10-7-11-26(3)4/h5-6,8-9,12-13H,7,10-11H2,1-4H3,(H,21,27)(H,22,23,24). The lowest BCUT2D eigenvalue weighted by molar-refractivity contribution is 0.0952. The number of fused-ring (bicyclic) bond motifs is 1. The summed E-state index contributed by atoms with van der Waals surface area (Å²) in [6, 6.07) is 7.65. The Morgan fingerprint density at radius 1 is 1.24 bits per heavy atom. The first-order valence-corrected chi connectivity index (χ1v) is 10.3. The molecule has 0 atom stereocenters. The number of hydrogen-bond acceptors (Lipinski definition) is 8. The Bertz CT molecular complexity index is 973. The van der Waals surface area contributed by atoms with Gasteiger partial charge < -0.3 is 20.3 Å². The van der Waals surface area contributed by atoms with Crippen LogP contribution in [0.5, 0.6) is 5.75 Å². The first-order valence-electron chi connectivity index (χ1n) is 9.51. The van der Waals surface area contributed by atoms with E-state index >= 15 is 0 Å². The van der Waals surface area contributed by atoms with Crippen molar-refractivity contribution in [3.05, 3.63) is 35.6 Å². The molecule has 1 aromatic carbocycles. The van der Waals surface area contributed by atoms with Crippen molar-refractivity contribution >= 4 is 39.1 Å². The minimum absolute atomic E-state index is 0.0467. The predicted octanol–water partition coefficient (Wildman–Crippen LogP) is 3.30. The molecule has 8 nitrogen and oxygen atoms in total. The van der Waals surface area contributed by atoms with Gasteiger partial charge >= 0.3 is 0 Å². The minimum Gasteiger partial charge on any atom is -0.489 e. The normalized spacial score (nSPS) is 11.2. The van der Waals surface area contributed by atoms with Crippen LogP contribution in [0, 0.1) is 0 Å². The Labute approximate surface area is 174 Å². The van der Waals surface area contributed by atoms with E-state index in [9.17, 15) is 4.79 Å². The minimum atomic E-state index is -0.193. The van der Waals surface area contributed by atoms with Crippen LogP contribution >= 0.6 is 11.3 Å². The van der Waals surface area contributed by atoms with Gasteiger partial charge in [-0.15, -0.1) is 0 Å². The van der Waals surface area contributed by atoms with Gasteiger partial charge in [0.15, 0.2) is 10.8 Å². The number of benzene rings is 1. The Kier molecular flexibility index (Phi) is 6.95. The van der Waals surface area contributed by atoms with Crippen molar-refractivity contribution in [1.29, 1.82) is 0 Å². The summed E-state index contributed by atoms with van der Waals surface area (Å²) in [5.74, 6) is 1.07. The number of thiazole rings is 1. The SMILES string of the molecule is CC(C)Oc1ccccc1Nc1ncnc2sc(C(=O)NCCCN(C)C)nc12. The number of carbonyl (C=O) groups excluding carboxylic acids is 1. The fourth-order valence-electron chi connectivity index (χ4n) is 2.67. The van der Waals surface area contributed by atoms with Crippen LogP contribution < -0.4 is 15.4 Å². The van der Waals surface area contributed by atoms with E-state index in [1.54, 1.807) is 0 Å². The van der Waals surface area contributed by atoms with Crippen molar-refractivity contribution in [2.24, 2.45) is 0 Å². The van der Waals surface area contributed by atoms with Crippen LogP contribution in [0.1, 0.15) is 30.1 Å². The molecule has 3 rings (SSSR count). The molecule has 0 bridgehead atoms. The van der Waals surface area contributed by atoms with Gasteiger partial charge in [-0.05, 0) is 53.0 Å². The summed E-state index contributed by atoms with van der Waals surface area (Å²) in [6.07, 6.45) is 2.39. The van der Waals surface area contributed by atoms with Crippen LogP contribution in [0.4, 0.5) is 11.5 Å². The molecule has 0 aliphatic rings. The quantitative estimate of drug-likeness (QED) is 0.519. The van der Waals surface area contributed by atoms with Gasteiger partial charge in [-0.2, -0.15) is 0 Å². The van der Waals surface area contributed by atoms with Crippen LogP contribution in [0.3, 0.4) is 0 Å². The van der Waals surface area contributed by atoms with E-state index in [1.165, 1.54) is 17.7 Å². The Balaban J connectivity index is 1.78. The first kappa shape index (κ1) is 20.9. The summed E-state index contributed by atoms with van der Waals surface area (Å²) in [6.45, 7) is 5.47. The molecule has 29 heavy (non-hydrogen) atoms. The van der Waals surface area contributed by atoms with E-state index in [-0.39, 0.29) is 12.0 Å². The molecule has 154 valence electrons. The van der Waals surface area contributed by atoms with Gasteiger partial charge in [0.1, 0.15) is 22.4 Å².